The fourth-order valence-electron chi connectivity index (χ4n) is 2.58. The molecule has 0 unspecified atom stereocenters. The molecule has 3 aromatic rings. The summed E-state index contributed by atoms with van der Waals surface area (Å²) in [7, 11) is 0. The minimum atomic E-state index is -1.17. The summed E-state index contributed by atoms with van der Waals surface area (Å²) in [5, 5.41) is 3.52. The number of anilines is 1. The van der Waals surface area contributed by atoms with Gasteiger partial charge in [-0.1, -0.05) is 17.5 Å². The van der Waals surface area contributed by atoms with Crippen LogP contribution in [0.15, 0.2) is 33.3 Å². The van der Waals surface area contributed by atoms with Gasteiger partial charge < -0.3 is 19.9 Å². The van der Waals surface area contributed by atoms with E-state index >= 15 is 0 Å². The van der Waals surface area contributed by atoms with Gasteiger partial charge in [-0.05, 0) is 26.0 Å². The van der Waals surface area contributed by atoms with Crippen LogP contribution < -0.4 is 11.1 Å². The molecule has 0 fully saturated rings. The molecule has 0 saturated carbocycles. The Morgan fingerprint density at radius 2 is 2.27 bits per heavy atom. The van der Waals surface area contributed by atoms with Crippen LogP contribution in [0.1, 0.15) is 30.9 Å². The van der Waals surface area contributed by atoms with Crippen LogP contribution >= 0.6 is 11.6 Å². The van der Waals surface area contributed by atoms with E-state index in [-0.39, 0.29) is 6.42 Å². The van der Waals surface area contributed by atoms with Crippen molar-refractivity contribution in [2.75, 3.05) is 5.32 Å². The summed E-state index contributed by atoms with van der Waals surface area (Å²) in [4.78, 5) is 4.34. The van der Waals surface area contributed by atoms with Crippen molar-refractivity contribution in [2.45, 2.75) is 39.0 Å². The number of nitrogens with zero attached hydrogens (tertiary/aromatic N) is 1. The standard InChI is InChI=1S/C19H19ClFN3O2/c1-3-5-13-16(8-14(22)11(2)21)26-19-15(9-17(20)24-18(13)19)23-10-12-6-4-7-25-12/h4,6-7,9,11,14H,8,10,22H2,1-2H3,(H,23,24)/t11-,14+/m0/s1. The Bertz CT molecular complexity index is 955. The van der Waals surface area contributed by atoms with Crippen molar-refractivity contribution in [3.05, 3.63) is 46.7 Å². The number of pyridine rings is 1. The lowest BCUT2D eigenvalue weighted by Gasteiger charge is -2.10. The van der Waals surface area contributed by atoms with Crippen molar-refractivity contribution < 1.29 is 13.2 Å². The number of aromatic nitrogens is 1. The van der Waals surface area contributed by atoms with Gasteiger partial charge in [-0.15, -0.1) is 5.92 Å². The zero-order chi connectivity index (χ0) is 18.7. The van der Waals surface area contributed by atoms with Gasteiger partial charge >= 0.3 is 0 Å². The maximum atomic E-state index is 13.5. The fourth-order valence-corrected chi connectivity index (χ4v) is 2.78. The quantitative estimate of drug-likeness (QED) is 0.496. The van der Waals surface area contributed by atoms with E-state index in [0.717, 1.165) is 5.76 Å². The van der Waals surface area contributed by atoms with Gasteiger partial charge in [0.2, 0.25) is 0 Å². The van der Waals surface area contributed by atoms with Crippen molar-refractivity contribution in [1.29, 1.82) is 0 Å². The number of fused-ring (bicyclic) bond motifs is 1. The summed E-state index contributed by atoms with van der Waals surface area (Å²) in [6.45, 7) is 3.58. The Kier molecular flexibility index (Phi) is 5.50. The number of rotatable bonds is 6. The molecule has 0 aliphatic carbocycles. The van der Waals surface area contributed by atoms with Crippen LogP contribution in [0.4, 0.5) is 10.1 Å². The molecular formula is C19H19ClFN3O2. The number of nitrogens with two attached hydrogens (primary N) is 1. The molecule has 0 aliphatic heterocycles. The number of nitrogens with one attached hydrogen (secondary N) is 1. The van der Waals surface area contributed by atoms with Gasteiger partial charge in [-0.25, -0.2) is 9.37 Å². The SMILES string of the molecule is CC#Cc1c(C[C@@H](N)[C@H](C)F)oc2c(NCc3ccco3)cc(Cl)nc12. The van der Waals surface area contributed by atoms with Crippen LogP contribution in [0, 0.1) is 11.8 Å². The second-order valence-corrected chi connectivity index (χ2v) is 6.31. The second kappa shape index (κ2) is 7.81. The van der Waals surface area contributed by atoms with Crippen LogP contribution in [0.5, 0.6) is 0 Å². The van der Waals surface area contributed by atoms with Crippen molar-refractivity contribution in [2.24, 2.45) is 5.73 Å². The Hall–Kier alpha value is -2.49. The first-order chi connectivity index (χ1) is 12.5. The summed E-state index contributed by atoms with van der Waals surface area (Å²) in [5.41, 5.74) is 8.15. The van der Waals surface area contributed by atoms with Gasteiger partial charge in [0, 0.05) is 18.5 Å². The normalized spacial score (nSPS) is 13.3. The first-order valence-corrected chi connectivity index (χ1v) is 8.58. The highest BCUT2D eigenvalue weighted by atomic mass is 35.5. The Labute approximate surface area is 155 Å². The molecule has 3 rings (SSSR count). The Morgan fingerprint density at radius 1 is 1.46 bits per heavy atom. The van der Waals surface area contributed by atoms with Crippen molar-refractivity contribution >= 4 is 28.4 Å². The van der Waals surface area contributed by atoms with Crippen molar-refractivity contribution in [3.63, 3.8) is 0 Å². The van der Waals surface area contributed by atoms with E-state index in [4.69, 9.17) is 26.2 Å². The van der Waals surface area contributed by atoms with Crippen molar-refractivity contribution in [3.8, 4) is 11.8 Å². The third-order valence-electron chi connectivity index (χ3n) is 3.98. The van der Waals surface area contributed by atoms with Crippen LogP contribution in [0.2, 0.25) is 5.15 Å². The topological polar surface area (TPSA) is 77.2 Å². The van der Waals surface area contributed by atoms with E-state index in [9.17, 15) is 4.39 Å². The fraction of sp³-hybridized carbons (Fsp3) is 0.316. The second-order valence-electron chi connectivity index (χ2n) is 5.92. The molecule has 0 radical (unpaired) electrons. The average Bonchev–Trinajstić information content (AvgIpc) is 3.22. The molecule has 26 heavy (non-hydrogen) atoms. The van der Waals surface area contributed by atoms with E-state index in [2.05, 4.69) is 22.1 Å². The highest BCUT2D eigenvalue weighted by molar-refractivity contribution is 6.30. The molecule has 3 aromatic heterocycles. The minimum absolute atomic E-state index is 0.216. The predicted molar refractivity (Wildman–Crippen MR) is 99.9 cm³/mol. The Morgan fingerprint density at radius 3 is 2.92 bits per heavy atom. The molecule has 0 amide bonds. The molecule has 0 aliphatic rings. The van der Waals surface area contributed by atoms with E-state index in [1.807, 2.05) is 12.1 Å². The lowest BCUT2D eigenvalue weighted by Crippen LogP contribution is -2.31. The third kappa shape index (κ3) is 3.85. The van der Waals surface area contributed by atoms with E-state index < -0.39 is 12.2 Å². The maximum absolute atomic E-state index is 13.5. The molecule has 5 nitrogen and oxygen atoms in total. The van der Waals surface area contributed by atoms with Gasteiger partial charge in [-0.2, -0.15) is 0 Å². The molecule has 2 atom stereocenters. The summed E-state index contributed by atoms with van der Waals surface area (Å²) in [6.07, 6.45) is 0.650. The number of hydrogen-bond acceptors (Lipinski definition) is 5. The molecule has 0 bridgehead atoms. The molecule has 0 spiro atoms. The van der Waals surface area contributed by atoms with Gasteiger partial charge in [0.05, 0.1) is 24.1 Å². The first kappa shape index (κ1) is 18.3. The Balaban J connectivity index is 2.04. The number of halogens is 2. The third-order valence-corrected chi connectivity index (χ3v) is 4.17. The lowest BCUT2D eigenvalue weighted by atomic mass is 10.1. The summed E-state index contributed by atoms with van der Waals surface area (Å²) in [5.74, 6) is 7.08. The van der Waals surface area contributed by atoms with E-state index in [1.165, 1.54) is 6.92 Å². The van der Waals surface area contributed by atoms with Crippen molar-refractivity contribution in [1.82, 2.24) is 4.98 Å². The smallest absolute Gasteiger partial charge is 0.177 e. The van der Waals surface area contributed by atoms with Gasteiger partial charge in [0.25, 0.3) is 0 Å². The highest BCUT2D eigenvalue weighted by Gasteiger charge is 2.22. The van der Waals surface area contributed by atoms with E-state index in [0.29, 0.717) is 39.8 Å². The number of hydrogen-bond donors (Lipinski definition) is 2. The summed E-state index contributed by atoms with van der Waals surface area (Å²) < 4.78 is 24.8. The zero-order valence-electron chi connectivity index (χ0n) is 14.5. The van der Waals surface area contributed by atoms with Crippen LogP contribution in [0.3, 0.4) is 0 Å². The molecule has 3 heterocycles. The molecule has 3 N–H and O–H groups in total. The minimum Gasteiger partial charge on any atom is -0.467 e. The first-order valence-electron chi connectivity index (χ1n) is 8.20. The largest absolute Gasteiger partial charge is 0.467 e. The maximum Gasteiger partial charge on any atom is 0.177 e. The van der Waals surface area contributed by atoms with Crippen LogP contribution in [-0.4, -0.2) is 17.2 Å². The number of alkyl halides is 1. The summed E-state index contributed by atoms with van der Waals surface area (Å²) >= 11 is 6.17. The van der Waals surface area contributed by atoms with Gasteiger partial charge in [0.1, 0.15) is 28.4 Å². The van der Waals surface area contributed by atoms with Crippen LogP contribution in [-0.2, 0) is 13.0 Å². The molecule has 136 valence electrons. The monoisotopic (exact) mass is 375 g/mol. The highest BCUT2D eigenvalue weighted by Crippen LogP contribution is 2.33. The van der Waals surface area contributed by atoms with Crippen LogP contribution in [0.25, 0.3) is 11.1 Å². The number of furan rings is 2. The molecule has 0 saturated heterocycles. The predicted octanol–water partition coefficient (Wildman–Crippen LogP) is 4.29. The zero-order valence-corrected chi connectivity index (χ0v) is 15.2. The van der Waals surface area contributed by atoms with E-state index in [1.54, 1.807) is 19.3 Å². The molecular weight excluding hydrogens is 357 g/mol. The lowest BCUT2D eigenvalue weighted by molar-refractivity contribution is 0.296. The van der Waals surface area contributed by atoms with Gasteiger partial charge in [-0.3, -0.25) is 0 Å². The molecule has 0 aromatic carbocycles. The molecule has 7 heteroatoms. The van der Waals surface area contributed by atoms with Gasteiger partial charge in [0.15, 0.2) is 5.58 Å². The summed E-state index contributed by atoms with van der Waals surface area (Å²) in [6, 6.07) is 4.64. The average molecular weight is 376 g/mol.